The van der Waals surface area contributed by atoms with Crippen LogP contribution in [0.1, 0.15) is 72.5 Å². The highest BCUT2D eigenvalue weighted by Gasteiger charge is 2.30. The second-order valence-corrected chi connectivity index (χ2v) is 10.4. The largest absolute Gasteiger partial charge is 0.416 e. The van der Waals surface area contributed by atoms with Crippen LogP contribution in [0.25, 0.3) is 22.6 Å². The number of amides is 1. The molecule has 0 spiro atoms. The molecule has 0 bridgehead atoms. The van der Waals surface area contributed by atoms with Crippen molar-refractivity contribution in [2.75, 3.05) is 5.32 Å². The Balaban J connectivity index is 1.34. The molecule has 0 saturated heterocycles. The van der Waals surface area contributed by atoms with E-state index >= 15 is 0 Å². The molecule has 39 heavy (non-hydrogen) atoms. The number of nitrogens with one attached hydrogen (secondary N) is 2. The number of halogens is 3. The predicted molar refractivity (Wildman–Crippen MR) is 142 cm³/mol. The molecule has 7 nitrogen and oxygen atoms in total. The van der Waals surface area contributed by atoms with Gasteiger partial charge in [0.2, 0.25) is 0 Å². The van der Waals surface area contributed by atoms with E-state index in [1.54, 1.807) is 24.5 Å². The van der Waals surface area contributed by atoms with Crippen LogP contribution in [0, 0.1) is 0 Å². The Bertz CT molecular complexity index is 1490. The molecule has 0 atom stereocenters. The number of hydrogen-bond acceptors (Lipinski definition) is 5. The predicted octanol–water partition coefficient (Wildman–Crippen LogP) is 6.52. The molecule has 0 aliphatic heterocycles. The van der Waals surface area contributed by atoms with Crippen LogP contribution in [0.15, 0.2) is 54.9 Å². The Labute approximate surface area is 223 Å². The highest BCUT2D eigenvalue weighted by Crippen LogP contribution is 2.33. The molecule has 4 aromatic rings. The standard InChI is InChI=1S/C29H29F3N6O/c30-29(31,32)21-6-4-5-18(15-21)16-33-26-24-27(38(17-34-24)23-7-2-1-3-8-23)37-25(36-26)19-9-11-20(12-10-19)28(39)35-22-13-14-22/h4-6,9-12,15,17,22-23H,1-3,7-8,13-14,16H2,(H,35,39)(H,33,36,37). The van der Waals surface area contributed by atoms with Crippen LogP contribution in [0.5, 0.6) is 0 Å². The average molecular weight is 535 g/mol. The fraction of sp³-hybridized carbons (Fsp3) is 0.379. The van der Waals surface area contributed by atoms with Gasteiger partial charge in [-0.05, 0) is 55.5 Å². The van der Waals surface area contributed by atoms with E-state index < -0.39 is 11.7 Å². The van der Waals surface area contributed by atoms with Crippen LogP contribution in [-0.2, 0) is 12.7 Å². The van der Waals surface area contributed by atoms with E-state index in [9.17, 15) is 18.0 Å². The van der Waals surface area contributed by atoms with Crippen LogP contribution >= 0.6 is 0 Å². The summed E-state index contributed by atoms with van der Waals surface area (Å²) < 4.78 is 41.8. The molecular formula is C29H29F3N6O. The first-order valence-electron chi connectivity index (χ1n) is 13.4. The lowest BCUT2D eigenvalue weighted by Crippen LogP contribution is -2.25. The highest BCUT2D eigenvalue weighted by atomic mass is 19.4. The minimum absolute atomic E-state index is 0.0979. The Morgan fingerprint density at radius 2 is 1.74 bits per heavy atom. The number of carbonyl (C=O) groups is 1. The summed E-state index contributed by atoms with van der Waals surface area (Å²) in [4.78, 5) is 26.6. The third-order valence-corrected chi connectivity index (χ3v) is 7.42. The van der Waals surface area contributed by atoms with Crippen molar-refractivity contribution < 1.29 is 18.0 Å². The third kappa shape index (κ3) is 5.60. The van der Waals surface area contributed by atoms with Crippen molar-refractivity contribution >= 4 is 22.9 Å². The highest BCUT2D eigenvalue weighted by molar-refractivity contribution is 5.95. The van der Waals surface area contributed by atoms with Gasteiger partial charge in [0.05, 0.1) is 11.9 Å². The number of aromatic nitrogens is 4. The molecule has 202 valence electrons. The van der Waals surface area contributed by atoms with Gasteiger partial charge in [0.25, 0.3) is 5.91 Å². The number of hydrogen-bond donors (Lipinski definition) is 2. The van der Waals surface area contributed by atoms with Gasteiger partial charge in [-0.3, -0.25) is 4.79 Å². The van der Waals surface area contributed by atoms with Crippen LogP contribution in [0.4, 0.5) is 19.0 Å². The minimum Gasteiger partial charge on any atom is -0.364 e. The molecule has 2 aromatic carbocycles. The van der Waals surface area contributed by atoms with Gasteiger partial charge < -0.3 is 15.2 Å². The average Bonchev–Trinajstić information content (AvgIpc) is 3.66. The van der Waals surface area contributed by atoms with Gasteiger partial charge in [0.1, 0.15) is 5.52 Å². The van der Waals surface area contributed by atoms with Crippen molar-refractivity contribution in [1.29, 1.82) is 0 Å². The maximum absolute atomic E-state index is 13.2. The Morgan fingerprint density at radius 3 is 2.46 bits per heavy atom. The summed E-state index contributed by atoms with van der Waals surface area (Å²) >= 11 is 0. The summed E-state index contributed by atoms with van der Waals surface area (Å²) in [5, 5.41) is 6.20. The first-order valence-corrected chi connectivity index (χ1v) is 13.4. The lowest BCUT2D eigenvalue weighted by molar-refractivity contribution is -0.137. The molecule has 0 radical (unpaired) electrons. The number of nitrogens with zero attached hydrogens (tertiary/aromatic N) is 4. The number of carbonyl (C=O) groups excluding carboxylic acids is 1. The normalized spacial score (nSPS) is 16.4. The van der Waals surface area contributed by atoms with Crippen molar-refractivity contribution in [3.05, 3.63) is 71.5 Å². The fourth-order valence-electron chi connectivity index (χ4n) is 5.11. The molecule has 0 unspecified atom stereocenters. The third-order valence-electron chi connectivity index (χ3n) is 7.42. The number of rotatable bonds is 7. The van der Waals surface area contributed by atoms with Gasteiger partial charge in [-0.2, -0.15) is 13.2 Å². The van der Waals surface area contributed by atoms with Gasteiger partial charge >= 0.3 is 6.18 Å². The van der Waals surface area contributed by atoms with Crippen molar-refractivity contribution in [3.8, 4) is 11.4 Å². The van der Waals surface area contributed by atoms with Crippen molar-refractivity contribution in [2.45, 2.75) is 69.8 Å². The Kier molecular flexibility index (Phi) is 6.70. The van der Waals surface area contributed by atoms with E-state index in [1.807, 2.05) is 12.1 Å². The quantitative estimate of drug-likeness (QED) is 0.282. The molecule has 2 fully saturated rings. The van der Waals surface area contributed by atoms with Crippen molar-refractivity contribution in [1.82, 2.24) is 24.8 Å². The second kappa shape index (κ2) is 10.3. The smallest absolute Gasteiger partial charge is 0.364 e. The zero-order chi connectivity index (χ0) is 27.0. The van der Waals surface area contributed by atoms with Gasteiger partial charge in [-0.1, -0.05) is 43.5 Å². The number of alkyl halides is 3. The van der Waals surface area contributed by atoms with Gasteiger partial charge in [0.15, 0.2) is 17.3 Å². The van der Waals surface area contributed by atoms with Gasteiger partial charge in [-0.15, -0.1) is 0 Å². The Hall–Kier alpha value is -3.95. The lowest BCUT2D eigenvalue weighted by Gasteiger charge is -2.23. The zero-order valence-electron chi connectivity index (χ0n) is 21.3. The number of anilines is 1. The Morgan fingerprint density at radius 1 is 0.974 bits per heavy atom. The molecule has 1 amide bonds. The van der Waals surface area contributed by atoms with E-state index in [2.05, 4.69) is 20.2 Å². The summed E-state index contributed by atoms with van der Waals surface area (Å²) in [7, 11) is 0. The lowest BCUT2D eigenvalue weighted by atomic mass is 9.95. The molecule has 10 heteroatoms. The van der Waals surface area contributed by atoms with E-state index in [-0.39, 0.29) is 24.5 Å². The summed E-state index contributed by atoms with van der Waals surface area (Å²) in [5.74, 6) is 0.817. The van der Waals surface area contributed by atoms with Crippen LogP contribution in [0.2, 0.25) is 0 Å². The molecule has 2 N–H and O–H groups in total. The topological polar surface area (TPSA) is 84.7 Å². The van der Waals surface area contributed by atoms with Crippen LogP contribution in [0.3, 0.4) is 0 Å². The van der Waals surface area contributed by atoms with Crippen molar-refractivity contribution in [3.63, 3.8) is 0 Å². The number of fused-ring (bicyclic) bond motifs is 1. The van der Waals surface area contributed by atoms with Gasteiger partial charge in [-0.25, -0.2) is 15.0 Å². The van der Waals surface area contributed by atoms with Crippen LogP contribution in [-0.4, -0.2) is 31.5 Å². The summed E-state index contributed by atoms with van der Waals surface area (Å²) in [6, 6.07) is 13.0. The van der Waals surface area contributed by atoms with Gasteiger partial charge in [0, 0.05) is 29.8 Å². The molecular weight excluding hydrogens is 505 g/mol. The molecule has 2 heterocycles. The SMILES string of the molecule is O=C(NC1CC1)c1ccc(-c2nc(NCc3cccc(C(F)(F)F)c3)c3ncn(C4CCCCC4)c3n2)cc1. The van der Waals surface area contributed by atoms with E-state index in [1.165, 1.54) is 12.5 Å². The molecule has 6 rings (SSSR count). The maximum Gasteiger partial charge on any atom is 0.416 e. The first-order chi connectivity index (χ1) is 18.8. The van der Waals surface area contributed by atoms with E-state index in [4.69, 9.17) is 9.97 Å². The minimum atomic E-state index is -4.41. The molecule has 2 aromatic heterocycles. The summed E-state index contributed by atoms with van der Waals surface area (Å²) in [5.41, 5.74) is 2.37. The summed E-state index contributed by atoms with van der Waals surface area (Å²) in [6.45, 7) is 0.145. The maximum atomic E-state index is 13.2. The zero-order valence-corrected chi connectivity index (χ0v) is 21.3. The van der Waals surface area contributed by atoms with Crippen molar-refractivity contribution in [2.24, 2.45) is 0 Å². The van der Waals surface area contributed by atoms with E-state index in [0.717, 1.165) is 56.2 Å². The van der Waals surface area contributed by atoms with Crippen LogP contribution < -0.4 is 10.6 Å². The fourth-order valence-corrected chi connectivity index (χ4v) is 5.11. The number of imidazole rings is 1. The molecule has 2 aliphatic carbocycles. The molecule has 2 aliphatic rings. The number of benzene rings is 2. The second-order valence-electron chi connectivity index (χ2n) is 10.4. The first kappa shape index (κ1) is 25.3. The summed E-state index contributed by atoms with van der Waals surface area (Å²) in [6.07, 6.45) is 5.01. The molecule has 2 saturated carbocycles. The monoisotopic (exact) mass is 534 g/mol. The van der Waals surface area contributed by atoms with E-state index in [0.29, 0.717) is 33.9 Å².